The number of piperazine rings is 1. The Kier molecular flexibility index (Phi) is 5.96. The lowest BCUT2D eigenvalue weighted by Crippen LogP contribution is -2.51. The Labute approximate surface area is 173 Å². The second kappa shape index (κ2) is 8.44. The van der Waals surface area contributed by atoms with Crippen molar-refractivity contribution in [3.63, 3.8) is 0 Å². The number of thioether (sulfide) groups is 1. The molecule has 4 heterocycles. The molecule has 4 rings (SSSR count). The molecule has 2 atom stereocenters. The third kappa shape index (κ3) is 3.94. The van der Waals surface area contributed by atoms with E-state index in [2.05, 4.69) is 15.2 Å². The van der Waals surface area contributed by atoms with Crippen molar-refractivity contribution >= 4 is 41.1 Å². The Bertz CT molecular complexity index is 753. The molecule has 152 valence electrons. The van der Waals surface area contributed by atoms with E-state index in [0.29, 0.717) is 11.9 Å². The molecule has 0 spiro atoms. The first-order valence-corrected chi connectivity index (χ1v) is 11.0. The molecule has 2 N–H and O–H groups in total. The van der Waals surface area contributed by atoms with Crippen LogP contribution in [-0.4, -0.2) is 94.7 Å². The largest absolute Gasteiger partial charge is 0.478 e. The van der Waals surface area contributed by atoms with E-state index in [1.165, 1.54) is 12.3 Å². The number of hydrogen-bond acceptors (Lipinski definition) is 7. The first-order chi connectivity index (χ1) is 13.5. The van der Waals surface area contributed by atoms with Crippen LogP contribution in [0.4, 0.5) is 5.82 Å². The molecule has 8 nitrogen and oxygen atoms in total. The summed E-state index contributed by atoms with van der Waals surface area (Å²) in [5, 5.41) is 12.8. The Morgan fingerprint density at radius 2 is 2.04 bits per heavy atom. The van der Waals surface area contributed by atoms with E-state index in [9.17, 15) is 14.7 Å². The summed E-state index contributed by atoms with van der Waals surface area (Å²) in [7, 11) is 0. The molecular weight excluding hydrogens is 402 g/mol. The molecule has 1 amide bonds. The molecule has 3 saturated heterocycles. The highest BCUT2D eigenvalue weighted by molar-refractivity contribution is 7.99. The van der Waals surface area contributed by atoms with Gasteiger partial charge in [0.25, 0.3) is 0 Å². The molecule has 0 bridgehead atoms. The van der Waals surface area contributed by atoms with E-state index in [1.54, 1.807) is 0 Å². The molecule has 1 aromatic heterocycles. The van der Waals surface area contributed by atoms with Crippen molar-refractivity contribution in [2.24, 2.45) is 0 Å². The number of carboxylic acids is 1. The minimum Gasteiger partial charge on any atom is -0.478 e. The highest BCUT2D eigenvalue weighted by Crippen LogP contribution is 2.28. The highest BCUT2D eigenvalue weighted by atomic mass is 35.5. The summed E-state index contributed by atoms with van der Waals surface area (Å²) in [6, 6.07) is 1.69. The first-order valence-electron chi connectivity index (χ1n) is 9.51. The van der Waals surface area contributed by atoms with Gasteiger partial charge in [-0.05, 0) is 12.5 Å². The third-order valence-electron chi connectivity index (χ3n) is 5.70. The summed E-state index contributed by atoms with van der Waals surface area (Å²) in [5.74, 6) is 1.56. The highest BCUT2D eigenvalue weighted by Gasteiger charge is 2.37. The van der Waals surface area contributed by atoms with Crippen molar-refractivity contribution < 1.29 is 14.7 Å². The molecule has 1 aromatic rings. The topological polar surface area (TPSA) is 89.0 Å². The Morgan fingerprint density at radius 3 is 2.71 bits per heavy atom. The maximum absolute atomic E-state index is 12.6. The average molecular weight is 426 g/mol. The van der Waals surface area contributed by atoms with Gasteiger partial charge in [0.2, 0.25) is 5.91 Å². The van der Waals surface area contributed by atoms with Gasteiger partial charge in [0.1, 0.15) is 5.82 Å². The molecule has 3 fully saturated rings. The Morgan fingerprint density at radius 1 is 1.25 bits per heavy atom. The van der Waals surface area contributed by atoms with Crippen LogP contribution in [0.3, 0.4) is 0 Å². The van der Waals surface area contributed by atoms with Gasteiger partial charge in [-0.1, -0.05) is 11.6 Å². The molecule has 10 heteroatoms. The second-order valence-corrected chi connectivity index (χ2v) is 8.77. The summed E-state index contributed by atoms with van der Waals surface area (Å²) in [5.41, 5.74) is 0.0792. The molecule has 0 radical (unpaired) electrons. The van der Waals surface area contributed by atoms with Crippen LogP contribution < -0.4 is 10.2 Å². The van der Waals surface area contributed by atoms with Gasteiger partial charge in [0, 0.05) is 57.3 Å². The number of amides is 1. The lowest BCUT2D eigenvalue weighted by molar-refractivity contribution is -0.131. The smallest absolute Gasteiger partial charge is 0.337 e. The fourth-order valence-corrected chi connectivity index (χ4v) is 5.38. The monoisotopic (exact) mass is 425 g/mol. The fourth-order valence-electron chi connectivity index (χ4n) is 4.11. The van der Waals surface area contributed by atoms with Gasteiger partial charge < -0.3 is 20.2 Å². The third-order valence-corrected chi connectivity index (χ3v) is 7.04. The predicted molar refractivity (Wildman–Crippen MR) is 109 cm³/mol. The van der Waals surface area contributed by atoms with Gasteiger partial charge >= 0.3 is 5.97 Å². The van der Waals surface area contributed by atoms with Crippen LogP contribution in [-0.2, 0) is 4.79 Å². The van der Waals surface area contributed by atoms with E-state index in [1.807, 2.05) is 21.6 Å². The van der Waals surface area contributed by atoms with E-state index in [4.69, 9.17) is 11.6 Å². The van der Waals surface area contributed by atoms with Crippen LogP contribution in [0.25, 0.3) is 0 Å². The predicted octanol–water partition coefficient (Wildman–Crippen LogP) is 0.819. The normalized spacial score (nSPS) is 26.0. The number of aromatic carboxylic acids is 1. The molecule has 3 aliphatic heterocycles. The number of carbonyl (C=O) groups is 2. The molecule has 0 unspecified atom stereocenters. The number of nitrogens with zero attached hydrogens (tertiary/aromatic N) is 4. The van der Waals surface area contributed by atoms with Crippen molar-refractivity contribution in [2.45, 2.75) is 18.5 Å². The number of halogens is 1. The van der Waals surface area contributed by atoms with Crippen LogP contribution >= 0.6 is 23.4 Å². The maximum Gasteiger partial charge on any atom is 0.337 e. The SMILES string of the molecule is O=C(O)c1ccnc(N2CCN([C@@H]3CN[C@H](C(=O)N4CCSC4)C3)CC2)c1Cl. The molecule has 3 aliphatic rings. The zero-order valence-electron chi connectivity index (χ0n) is 15.5. The summed E-state index contributed by atoms with van der Waals surface area (Å²) in [6.07, 6.45) is 2.33. The van der Waals surface area contributed by atoms with E-state index < -0.39 is 5.97 Å². The maximum atomic E-state index is 12.6. The molecule has 0 aliphatic carbocycles. The number of anilines is 1. The quantitative estimate of drug-likeness (QED) is 0.733. The number of hydrogen-bond donors (Lipinski definition) is 2. The van der Waals surface area contributed by atoms with E-state index in [-0.39, 0.29) is 22.5 Å². The minimum absolute atomic E-state index is 0.0786. The van der Waals surface area contributed by atoms with Crippen molar-refractivity contribution in [3.8, 4) is 0 Å². The fraction of sp³-hybridized carbons (Fsp3) is 0.611. The number of carbonyl (C=O) groups excluding carboxylic acids is 1. The Hall–Kier alpha value is -1.55. The van der Waals surface area contributed by atoms with Crippen LogP contribution in [0.15, 0.2) is 12.3 Å². The van der Waals surface area contributed by atoms with Gasteiger partial charge in [-0.25, -0.2) is 9.78 Å². The Balaban J connectivity index is 1.33. The van der Waals surface area contributed by atoms with Crippen LogP contribution in [0.1, 0.15) is 16.8 Å². The zero-order chi connectivity index (χ0) is 19.7. The second-order valence-electron chi connectivity index (χ2n) is 7.31. The summed E-state index contributed by atoms with van der Waals surface area (Å²) >= 11 is 8.07. The van der Waals surface area contributed by atoms with Crippen LogP contribution in [0.2, 0.25) is 5.02 Å². The summed E-state index contributed by atoms with van der Waals surface area (Å²) < 4.78 is 0. The van der Waals surface area contributed by atoms with E-state index >= 15 is 0 Å². The minimum atomic E-state index is -1.04. The number of rotatable bonds is 4. The van der Waals surface area contributed by atoms with Gasteiger partial charge in [-0.3, -0.25) is 9.69 Å². The van der Waals surface area contributed by atoms with Crippen LogP contribution in [0.5, 0.6) is 0 Å². The lowest BCUT2D eigenvalue weighted by Gasteiger charge is -2.38. The number of nitrogens with one attached hydrogen (secondary N) is 1. The van der Waals surface area contributed by atoms with E-state index in [0.717, 1.165) is 57.3 Å². The van der Waals surface area contributed by atoms with Gasteiger partial charge in [0.05, 0.1) is 22.5 Å². The zero-order valence-corrected chi connectivity index (χ0v) is 17.1. The number of carboxylic acid groups (broad SMARTS) is 1. The first kappa shape index (κ1) is 19.8. The lowest BCUT2D eigenvalue weighted by atomic mass is 10.1. The van der Waals surface area contributed by atoms with Crippen LogP contribution in [0, 0.1) is 0 Å². The summed E-state index contributed by atoms with van der Waals surface area (Å²) in [4.78, 5) is 34.6. The summed E-state index contributed by atoms with van der Waals surface area (Å²) in [6.45, 7) is 4.81. The number of pyridine rings is 1. The average Bonchev–Trinajstić information content (AvgIpc) is 3.40. The van der Waals surface area contributed by atoms with Crippen molar-refractivity contribution in [1.82, 2.24) is 20.1 Å². The molecular formula is C18H24ClN5O3S. The van der Waals surface area contributed by atoms with Gasteiger partial charge in [0.15, 0.2) is 0 Å². The standard InChI is InChI=1S/C18H24ClN5O3S/c19-15-13(18(26)27)1-2-20-16(15)23-5-3-22(4-6-23)12-9-14(21-10-12)17(25)24-7-8-28-11-24/h1-2,12,14,21H,3-11H2,(H,26,27)/t12-,14-/m0/s1. The van der Waals surface area contributed by atoms with Crippen molar-refractivity contribution in [1.29, 1.82) is 0 Å². The molecule has 0 aromatic carbocycles. The molecule has 28 heavy (non-hydrogen) atoms. The molecule has 0 saturated carbocycles. The number of aromatic nitrogens is 1. The van der Waals surface area contributed by atoms with Gasteiger partial charge in [-0.15, -0.1) is 11.8 Å². The van der Waals surface area contributed by atoms with Gasteiger partial charge in [-0.2, -0.15) is 0 Å². The van der Waals surface area contributed by atoms with Crippen molar-refractivity contribution in [2.75, 3.05) is 55.8 Å². The van der Waals surface area contributed by atoms with Crippen molar-refractivity contribution in [3.05, 3.63) is 22.8 Å².